The molecule has 1 amide bonds. The second-order valence-corrected chi connectivity index (χ2v) is 9.05. The first-order valence-corrected chi connectivity index (χ1v) is 10.6. The summed E-state index contributed by atoms with van der Waals surface area (Å²) in [6.07, 6.45) is 5.68. The highest BCUT2D eigenvalue weighted by atomic mass is 16.5. The number of pyridine rings is 2. The van der Waals surface area contributed by atoms with Gasteiger partial charge in [-0.2, -0.15) is 0 Å². The number of hydrogen-bond donors (Lipinski definition) is 0. The molecular weight excluding hydrogens is 374 g/mol. The predicted octanol–water partition coefficient (Wildman–Crippen LogP) is 4.71. The molecule has 0 N–H and O–H groups in total. The van der Waals surface area contributed by atoms with Crippen LogP contribution in [0.1, 0.15) is 50.8 Å². The molecule has 0 aliphatic carbocycles. The molecule has 30 heavy (non-hydrogen) atoms. The molecule has 1 saturated heterocycles. The van der Waals surface area contributed by atoms with Crippen molar-refractivity contribution in [2.24, 2.45) is 0 Å². The number of amides is 1. The Labute approximate surface area is 178 Å². The molecule has 156 valence electrons. The average Bonchev–Trinajstić information content (AvgIpc) is 2.77. The van der Waals surface area contributed by atoms with Crippen LogP contribution >= 0.6 is 0 Å². The van der Waals surface area contributed by atoms with Gasteiger partial charge in [0.1, 0.15) is 5.75 Å². The van der Waals surface area contributed by atoms with Crippen molar-refractivity contribution >= 4 is 16.8 Å². The Hall–Kier alpha value is -2.95. The molecule has 1 fully saturated rings. The Morgan fingerprint density at radius 3 is 2.73 bits per heavy atom. The number of ether oxygens (including phenoxy) is 1. The van der Waals surface area contributed by atoms with Gasteiger partial charge in [0.2, 0.25) is 0 Å². The van der Waals surface area contributed by atoms with Crippen LogP contribution in [0.25, 0.3) is 10.9 Å². The maximum atomic E-state index is 12.8. The second-order valence-electron chi connectivity index (χ2n) is 9.05. The van der Waals surface area contributed by atoms with E-state index in [1.807, 2.05) is 35.4 Å². The van der Waals surface area contributed by atoms with Crippen LogP contribution in [0.2, 0.25) is 0 Å². The number of rotatable bonds is 4. The van der Waals surface area contributed by atoms with Crippen molar-refractivity contribution in [1.82, 2.24) is 14.9 Å². The molecule has 1 aliphatic heterocycles. The smallest absolute Gasteiger partial charge is 0.260 e. The molecule has 0 spiro atoms. The Morgan fingerprint density at radius 1 is 1.17 bits per heavy atom. The minimum Gasteiger partial charge on any atom is -0.484 e. The molecule has 0 radical (unpaired) electrons. The van der Waals surface area contributed by atoms with E-state index in [-0.39, 0.29) is 23.8 Å². The normalized spacial score (nSPS) is 17.2. The summed E-state index contributed by atoms with van der Waals surface area (Å²) in [5, 5.41) is 1.04. The lowest BCUT2D eigenvalue weighted by Crippen LogP contribution is -2.41. The summed E-state index contributed by atoms with van der Waals surface area (Å²) in [5.41, 5.74) is 3.31. The molecular formula is C25H29N3O2. The highest BCUT2D eigenvalue weighted by Crippen LogP contribution is 2.28. The van der Waals surface area contributed by atoms with Crippen LogP contribution in [0, 0.1) is 0 Å². The first-order valence-electron chi connectivity index (χ1n) is 10.6. The van der Waals surface area contributed by atoms with E-state index in [0.29, 0.717) is 6.54 Å². The number of likely N-dealkylation sites (tertiary alicyclic amines) is 1. The number of benzene rings is 1. The van der Waals surface area contributed by atoms with Gasteiger partial charge in [-0.1, -0.05) is 32.9 Å². The fourth-order valence-electron chi connectivity index (χ4n) is 3.94. The SMILES string of the molecule is CC(C)(C)c1ccc(OCC(=O)N2CCC[C@H](c3cc4ncccc4cn3)C2)cc1. The van der Waals surface area contributed by atoms with Crippen molar-refractivity contribution in [1.29, 1.82) is 0 Å². The maximum absolute atomic E-state index is 12.8. The summed E-state index contributed by atoms with van der Waals surface area (Å²) in [6.45, 7) is 8.05. The van der Waals surface area contributed by atoms with Crippen LogP contribution in [-0.2, 0) is 10.2 Å². The van der Waals surface area contributed by atoms with Crippen molar-refractivity contribution in [2.75, 3.05) is 19.7 Å². The number of hydrogen-bond acceptors (Lipinski definition) is 4. The van der Waals surface area contributed by atoms with Gasteiger partial charge in [0, 0.05) is 42.5 Å². The molecule has 2 aromatic heterocycles. The monoisotopic (exact) mass is 403 g/mol. The molecule has 1 aromatic carbocycles. The Bertz CT molecular complexity index is 1020. The fraction of sp³-hybridized carbons (Fsp3) is 0.400. The van der Waals surface area contributed by atoms with Crippen molar-refractivity contribution in [2.45, 2.75) is 44.9 Å². The van der Waals surface area contributed by atoms with Gasteiger partial charge in [0.15, 0.2) is 6.61 Å². The van der Waals surface area contributed by atoms with Crippen molar-refractivity contribution in [3.63, 3.8) is 0 Å². The van der Waals surface area contributed by atoms with Gasteiger partial charge in [0.25, 0.3) is 5.91 Å². The average molecular weight is 404 g/mol. The van der Waals surface area contributed by atoms with Crippen LogP contribution in [0.5, 0.6) is 5.75 Å². The minimum atomic E-state index is 0.0264. The summed E-state index contributed by atoms with van der Waals surface area (Å²) in [6, 6.07) is 14.0. The zero-order valence-corrected chi connectivity index (χ0v) is 18.0. The summed E-state index contributed by atoms with van der Waals surface area (Å²) in [4.78, 5) is 23.7. The molecule has 0 saturated carbocycles. The molecule has 1 aliphatic rings. The van der Waals surface area contributed by atoms with Gasteiger partial charge < -0.3 is 9.64 Å². The molecule has 3 aromatic rings. The molecule has 5 heteroatoms. The van der Waals surface area contributed by atoms with Crippen molar-refractivity contribution in [3.8, 4) is 5.75 Å². The van der Waals surface area contributed by atoms with Crippen LogP contribution in [0.15, 0.2) is 54.9 Å². The van der Waals surface area contributed by atoms with Crippen molar-refractivity contribution < 1.29 is 9.53 Å². The Kier molecular flexibility index (Phi) is 5.71. The molecule has 0 unspecified atom stereocenters. The summed E-state index contributed by atoms with van der Waals surface area (Å²) in [5.74, 6) is 0.992. The largest absolute Gasteiger partial charge is 0.484 e. The number of fused-ring (bicyclic) bond motifs is 1. The van der Waals surface area contributed by atoms with Gasteiger partial charge in [-0.25, -0.2) is 0 Å². The predicted molar refractivity (Wildman–Crippen MR) is 119 cm³/mol. The van der Waals surface area contributed by atoms with Gasteiger partial charge in [-0.3, -0.25) is 14.8 Å². The third-order valence-electron chi connectivity index (χ3n) is 5.78. The zero-order valence-electron chi connectivity index (χ0n) is 18.0. The minimum absolute atomic E-state index is 0.0264. The first kappa shape index (κ1) is 20.3. The van der Waals surface area contributed by atoms with Crippen LogP contribution < -0.4 is 4.74 Å². The molecule has 3 heterocycles. The first-order chi connectivity index (χ1) is 14.4. The van der Waals surface area contributed by atoms with Crippen LogP contribution in [-0.4, -0.2) is 40.5 Å². The van der Waals surface area contributed by atoms with E-state index in [1.165, 1.54) is 5.56 Å². The van der Waals surface area contributed by atoms with E-state index in [1.54, 1.807) is 6.20 Å². The number of piperidine rings is 1. The van der Waals surface area contributed by atoms with Gasteiger partial charge in [0.05, 0.1) is 5.52 Å². The number of carbonyl (C=O) groups is 1. The lowest BCUT2D eigenvalue weighted by molar-refractivity contribution is -0.134. The third-order valence-corrected chi connectivity index (χ3v) is 5.78. The molecule has 0 bridgehead atoms. The van der Waals surface area contributed by atoms with E-state index in [0.717, 1.165) is 41.7 Å². The summed E-state index contributed by atoms with van der Waals surface area (Å²) < 4.78 is 5.77. The van der Waals surface area contributed by atoms with E-state index in [2.05, 4.69) is 48.9 Å². The van der Waals surface area contributed by atoms with Gasteiger partial charge in [-0.05, 0) is 54.2 Å². The zero-order chi connectivity index (χ0) is 21.1. The molecule has 5 nitrogen and oxygen atoms in total. The highest BCUT2D eigenvalue weighted by molar-refractivity contribution is 5.78. The lowest BCUT2D eigenvalue weighted by Gasteiger charge is -2.32. The number of carbonyl (C=O) groups excluding carboxylic acids is 1. The van der Waals surface area contributed by atoms with E-state index < -0.39 is 0 Å². The van der Waals surface area contributed by atoms with E-state index in [4.69, 9.17) is 4.74 Å². The number of aromatic nitrogens is 2. The quantitative estimate of drug-likeness (QED) is 0.633. The van der Waals surface area contributed by atoms with Crippen molar-refractivity contribution in [3.05, 3.63) is 66.1 Å². The Balaban J connectivity index is 1.37. The van der Waals surface area contributed by atoms with Gasteiger partial charge >= 0.3 is 0 Å². The lowest BCUT2D eigenvalue weighted by atomic mass is 9.87. The fourth-order valence-corrected chi connectivity index (χ4v) is 3.94. The third kappa shape index (κ3) is 4.61. The van der Waals surface area contributed by atoms with Gasteiger partial charge in [-0.15, -0.1) is 0 Å². The van der Waals surface area contributed by atoms with E-state index in [9.17, 15) is 4.79 Å². The van der Waals surface area contributed by atoms with Crippen LogP contribution in [0.3, 0.4) is 0 Å². The Morgan fingerprint density at radius 2 is 1.97 bits per heavy atom. The van der Waals surface area contributed by atoms with Crippen LogP contribution in [0.4, 0.5) is 0 Å². The molecule has 1 atom stereocenters. The standard InChI is InChI=1S/C25H29N3O2/c1-25(2,3)20-8-10-21(11-9-20)30-17-24(29)28-13-5-7-19(16-28)23-14-22-18(15-27-23)6-4-12-26-22/h4,6,8-12,14-15,19H,5,7,13,16-17H2,1-3H3/t19-/m0/s1. The number of nitrogens with zero attached hydrogens (tertiary/aromatic N) is 3. The van der Waals surface area contributed by atoms with E-state index >= 15 is 0 Å². The topological polar surface area (TPSA) is 55.3 Å². The molecule has 4 rings (SSSR count). The summed E-state index contributed by atoms with van der Waals surface area (Å²) >= 11 is 0. The highest BCUT2D eigenvalue weighted by Gasteiger charge is 2.26. The second kappa shape index (κ2) is 8.42. The summed E-state index contributed by atoms with van der Waals surface area (Å²) in [7, 11) is 0. The maximum Gasteiger partial charge on any atom is 0.260 e.